The fourth-order valence-electron chi connectivity index (χ4n) is 3.27. The quantitative estimate of drug-likeness (QED) is 0.412. The normalized spacial score (nSPS) is 13.8. The Morgan fingerprint density at radius 2 is 1.73 bits per heavy atom. The minimum Gasteiger partial charge on any atom is -0.478 e. The van der Waals surface area contributed by atoms with Gasteiger partial charge in [-0.05, 0) is 66.1 Å². The number of benzene rings is 3. The molecule has 0 heterocycles. The van der Waals surface area contributed by atoms with Gasteiger partial charge >= 0.3 is 12.1 Å². The van der Waals surface area contributed by atoms with Crippen LogP contribution in [0.15, 0.2) is 71.6 Å². The number of aromatic carboxylic acids is 1. The molecule has 3 aromatic rings. The molecule has 3 aromatic carbocycles. The Morgan fingerprint density at radius 3 is 2.37 bits per heavy atom. The lowest BCUT2D eigenvalue weighted by Gasteiger charge is -2.16. The summed E-state index contributed by atoms with van der Waals surface area (Å²) in [5, 5.41) is 9.30. The lowest BCUT2D eigenvalue weighted by atomic mass is 10.0. The molecule has 4 rings (SSSR count). The Labute approximate surface area is 176 Å². The predicted octanol–water partition coefficient (Wildman–Crippen LogP) is 7.07. The van der Waals surface area contributed by atoms with Crippen molar-refractivity contribution in [3.63, 3.8) is 0 Å². The zero-order valence-electron chi connectivity index (χ0n) is 15.7. The summed E-state index contributed by atoms with van der Waals surface area (Å²) >= 11 is 1.15. The average molecular weight is 429 g/mol. The van der Waals surface area contributed by atoms with E-state index in [1.165, 1.54) is 6.07 Å². The number of carboxylic acid groups (broad SMARTS) is 1. The number of carboxylic acids is 1. The molecule has 2 N–H and O–H groups in total. The highest BCUT2D eigenvalue weighted by Crippen LogP contribution is 2.45. The minimum atomic E-state index is -4.46. The lowest BCUT2D eigenvalue weighted by molar-refractivity contribution is -0.137. The topological polar surface area (TPSA) is 49.3 Å². The van der Waals surface area contributed by atoms with Crippen molar-refractivity contribution in [3.05, 3.63) is 83.4 Å². The zero-order valence-corrected chi connectivity index (χ0v) is 16.6. The fourth-order valence-corrected chi connectivity index (χ4v) is 4.20. The van der Waals surface area contributed by atoms with Crippen LogP contribution in [0.5, 0.6) is 0 Å². The monoisotopic (exact) mass is 429 g/mol. The summed E-state index contributed by atoms with van der Waals surface area (Å²) in [5.74, 6) is -0.671. The van der Waals surface area contributed by atoms with E-state index < -0.39 is 17.7 Å². The highest BCUT2D eigenvalue weighted by atomic mass is 32.2. The molecule has 0 unspecified atom stereocenters. The van der Waals surface area contributed by atoms with Crippen LogP contribution in [0.3, 0.4) is 0 Å². The molecule has 0 aromatic heterocycles. The summed E-state index contributed by atoms with van der Waals surface area (Å²) in [7, 11) is 0. The molecule has 0 aliphatic heterocycles. The molecule has 0 atom stereocenters. The first-order valence-corrected chi connectivity index (χ1v) is 10.2. The van der Waals surface area contributed by atoms with Crippen LogP contribution in [0.4, 0.5) is 18.9 Å². The van der Waals surface area contributed by atoms with Gasteiger partial charge in [0.2, 0.25) is 0 Å². The number of alkyl halides is 3. The maximum absolute atomic E-state index is 13.3. The SMILES string of the molecule is O=C(O)c1ccc(C2CC2)c(SNc2cc(C(F)(F)F)ccc2-c2ccccc2)c1. The Morgan fingerprint density at radius 1 is 1.00 bits per heavy atom. The van der Waals surface area contributed by atoms with Gasteiger partial charge in [0.15, 0.2) is 0 Å². The molecule has 1 aliphatic carbocycles. The summed E-state index contributed by atoms with van der Waals surface area (Å²) in [6, 6.07) is 17.7. The van der Waals surface area contributed by atoms with E-state index in [1.54, 1.807) is 18.2 Å². The molecule has 0 saturated heterocycles. The molecule has 0 spiro atoms. The number of nitrogens with one attached hydrogen (secondary N) is 1. The van der Waals surface area contributed by atoms with E-state index in [9.17, 15) is 23.1 Å². The molecule has 0 bridgehead atoms. The Kier molecular flexibility index (Phi) is 5.47. The molecule has 1 saturated carbocycles. The van der Waals surface area contributed by atoms with Crippen LogP contribution < -0.4 is 4.72 Å². The van der Waals surface area contributed by atoms with Gasteiger partial charge in [-0.25, -0.2) is 4.79 Å². The Bertz CT molecular complexity index is 1080. The van der Waals surface area contributed by atoms with E-state index in [2.05, 4.69) is 4.72 Å². The van der Waals surface area contributed by atoms with Crippen molar-refractivity contribution in [2.75, 3.05) is 4.72 Å². The molecule has 1 aliphatic rings. The van der Waals surface area contributed by atoms with Crippen LogP contribution in [0.2, 0.25) is 0 Å². The van der Waals surface area contributed by atoms with Crippen LogP contribution in [-0.2, 0) is 6.18 Å². The second-order valence-electron chi connectivity index (χ2n) is 7.16. The van der Waals surface area contributed by atoms with E-state index in [0.717, 1.165) is 48.0 Å². The molecule has 1 fully saturated rings. The van der Waals surface area contributed by atoms with Crippen molar-refractivity contribution < 1.29 is 23.1 Å². The van der Waals surface area contributed by atoms with Gasteiger partial charge < -0.3 is 9.83 Å². The lowest BCUT2D eigenvalue weighted by Crippen LogP contribution is -2.06. The predicted molar refractivity (Wildman–Crippen MR) is 112 cm³/mol. The van der Waals surface area contributed by atoms with Crippen molar-refractivity contribution in [1.29, 1.82) is 0 Å². The van der Waals surface area contributed by atoms with Crippen LogP contribution >= 0.6 is 11.9 Å². The molecular weight excluding hydrogens is 411 g/mol. The van der Waals surface area contributed by atoms with E-state index >= 15 is 0 Å². The van der Waals surface area contributed by atoms with Gasteiger partial charge in [-0.1, -0.05) is 42.5 Å². The van der Waals surface area contributed by atoms with Crippen LogP contribution in [-0.4, -0.2) is 11.1 Å². The molecule has 0 radical (unpaired) electrons. The summed E-state index contributed by atoms with van der Waals surface area (Å²) < 4.78 is 42.9. The second kappa shape index (κ2) is 8.07. The largest absolute Gasteiger partial charge is 0.478 e. The second-order valence-corrected chi connectivity index (χ2v) is 8.01. The molecule has 7 heteroatoms. The maximum atomic E-state index is 13.3. The number of anilines is 1. The third kappa shape index (κ3) is 4.46. The van der Waals surface area contributed by atoms with Crippen LogP contribution in [0, 0.1) is 0 Å². The van der Waals surface area contributed by atoms with Crippen molar-refractivity contribution in [2.45, 2.75) is 29.8 Å². The van der Waals surface area contributed by atoms with Crippen molar-refractivity contribution in [3.8, 4) is 11.1 Å². The number of halogens is 3. The van der Waals surface area contributed by atoms with E-state index in [0.29, 0.717) is 22.1 Å². The Hall–Kier alpha value is -2.93. The third-order valence-electron chi connectivity index (χ3n) is 4.98. The number of hydrogen-bond acceptors (Lipinski definition) is 3. The van der Waals surface area contributed by atoms with E-state index in [4.69, 9.17) is 0 Å². The molecule has 0 amide bonds. The van der Waals surface area contributed by atoms with Crippen LogP contribution in [0.1, 0.15) is 40.2 Å². The van der Waals surface area contributed by atoms with Gasteiger partial charge in [-0.2, -0.15) is 13.2 Å². The summed E-state index contributed by atoms with van der Waals surface area (Å²) in [4.78, 5) is 12.1. The summed E-state index contributed by atoms with van der Waals surface area (Å²) in [6.45, 7) is 0. The Balaban J connectivity index is 1.70. The van der Waals surface area contributed by atoms with E-state index in [1.807, 2.05) is 30.3 Å². The maximum Gasteiger partial charge on any atom is 0.416 e. The summed E-state index contributed by atoms with van der Waals surface area (Å²) in [6.07, 6.45) is -2.41. The summed E-state index contributed by atoms with van der Waals surface area (Å²) in [5.41, 5.74) is 2.17. The number of carbonyl (C=O) groups is 1. The first-order valence-electron chi connectivity index (χ1n) is 9.39. The van der Waals surface area contributed by atoms with Crippen LogP contribution in [0.25, 0.3) is 11.1 Å². The first kappa shape index (κ1) is 20.3. The van der Waals surface area contributed by atoms with Gasteiger partial charge in [-0.3, -0.25) is 0 Å². The van der Waals surface area contributed by atoms with Crippen molar-refractivity contribution in [1.82, 2.24) is 0 Å². The van der Waals surface area contributed by atoms with Gasteiger partial charge in [0.1, 0.15) is 0 Å². The highest BCUT2D eigenvalue weighted by molar-refractivity contribution is 8.00. The molecule has 30 heavy (non-hydrogen) atoms. The van der Waals surface area contributed by atoms with Crippen molar-refractivity contribution >= 4 is 23.6 Å². The van der Waals surface area contributed by atoms with E-state index in [-0.39, 0.29) is 5.56 Å². The standard InChI is InChI=1S/C23H18F3NO2S/c24-23(25,26)17-9-11-18(14-4-2-1-3-5-14)20(13-17)27-30-21-12-16(22(28)29)8-10-19(21)15-6-7-15/h1-5,8-13,15,27H,6-7H2,(H,28,29). The highest BCUT2D eigenvalue weighted by Gasteiger charge is 2.31. The number of rotatable bonds is 6. The zero-order chi connectivity index (χ0) is 21.3. The molecule has 154 valence electrons. The molecule has 3 nitrogen and oxygen atoms in total. The van der Waals surface area contributed by atoms with Gasteiger partial charge in [0.25, 0.3) is 0 Å². The smallest absolute Gasteiger partial charge is 0.416 e. The molecular formula is C23H18F3NO2S. The fraction of sp³-hybridized carbons (Fsp3) is 0.174. The average Bonchev–Trinajstić information content (AvgIpc) is 3.57. The first-order chi connectivity index (χ1) is 14.3. The third-order valence-corrected chi connectivity index (χ3v) is 5.88. The van der Waals surface area contributed by atoms with Gasteiger partial charge in [0, 0.05) is 10.5 Å². The van der Waals surface area contributed by atoms with Crippen molar-refractivity contribution in [2.24, 2.45) is 0 Å². The van der Waals surface area contributed by atoms with Gasteiger partial charge in [0.05, 0.1) is 16.8 Å². The minimum absolute atomic E-state index is 0.149. The number of hydrogen-bond donors (Lipinski definition) is 2. The van der Waals surface area contributed by atoms with Gasteiger partial charge in [-0.15, -0.1) is 0 Å².